The van der Waals surface area contributed by atoms with Crippen molar-refractivity contribution in [2.75, 3.05) is 6.54 Å². The van der Waals surface area contributed by atoms with Crippen LogP contribution in [0.2, 0.25) is 0 Å². The zero-order valence-corrected chi connectivity index (χ0v) is 30.6. The summed E-state index contributed by atoms with van der Waals surface area (Å²) in [6.45, 7) is 12.4. The second-order valence-corrected chi connectivity index (χ2v) is 14.4. The standard InChI is InChI=1S/C38H56N4O8/c1-8-9-10-11-15-23-42(34(46)29(21-22-31(39)44)41-36(48)50-38(5,6)7)32(27-19-16-20-28(43)25-27)33(45)40-30(35(47)49-37(2,3)4)24-26-17-13-12-14-18-26/h12-14,16-20,25,29-30,32,43H,8-11,15,21-24H2,1-7H3,(H2,39,44)(H,40,45)(H,41,48). The van der Waals surface area contributed by atoms with Crippen LogP contribution in [0.1, 0.15) is 111 Å². The molecule has 0 saturated heterocycles. The molecule has 5 N–H and O–H groups in total. The molecule has 2 rings (SSSR count). The average molecular weight is 697 g/mol. The molecule has 0 aliphatic heterocycles. The molecule has 12 nitrogen and oxygen atoms in total. The molecule has 0 radical (unpaired) electrons. The predicted molar refractivity (Wildman–Crippen MR) is 191 cm³/mol. The van der Waals surface area contributed by atoms with Crippen LogP contribution < -0.4 is 16.4 Å². The van der Waals surface area contributed by atoms with Crippen molar-refractivity contribution < 1.29 is 38.6 Å². The third-order valence-corrected chi connectivity index (χ3v) is 7.49. The molecule has 50 heavy (non-hydrogen) atoms. The Morgan fingerprint density at radius 2 is 1.46 bits per heavy atom. The summed E-state index contributed by atoms with van der Waals surface area (Å²) in [6.07, 6.45) is 3.02. The zero-order chi connectivity index (χ0) is 37.5. The van der Waals surface area contributed by atoms with E-state index in [4.69, 9.17) is 15.2 Å². The first-order valence-corrected chi connectivity index (χ1v) is 17.3. The number of unbranched alkanes of at least 4 members (excludes halogenated alkanes) is 4. The number of esters is 1. The maximum atomic E-state index is 14.5. The molecule has 2 aromatic carbocycles. The number of carbonyl (C=O) groups is 5. The van der Waals surface area contributed by atoms with Crippen LogP contribution in [-0.4, -0.2) is 69.6 Å². The second-order valence-electron chi connectivity index (χ2n) is 14.4. The van der Waals surface area contributed by atoms with Gasteiger partial charge in [-0.15, -0.1) is 0 Å². The monoisotopic (exact) mass is 696 g/mol. The normalized spacial score (nSPS) is 13.3. The van der Waals surface area contributed by atoms with Crippen LogP contribution in [0.15, 0.2) is 54.6 Å². The smallest absolute Gasteiger partial charge is 0.408 e. The third kappa shape index (κ3) is 15.3. The number of phenolic OH excluding ortho intramolecular Hbond substituents is 1. The van der Waals surface area contributed by atoms with Gasteiger partial charge in [0, 0.05) is 19.4 Å². The number of carbonyl (C=O) groups excluding carboxylic acids is 5. The van der Waals surface area contributed by atoms with E-state index in [0.717, 1.165) is 31.2 Å². The lowest BCUT2D eigenvalue weighted by Gasteiger charge is -2.35. The molecule has 0 fully saturated rings. The van der Waals surface area contributed by atoms with E-state index in [2.05, 4.69) is 17.6 Å². The minimum atomic E-state index is -1.35. The Kier molecular flexibility index (Phi) is 16.2. The minimum Gasteiger partial charge on any atom is -0.508 e. The summed E-state index contributed by atoms with van der Waals surface area (Å²) in [6, 6.07) is 11.3. The van der Waals surface area contributed by atoms with E-state index in [1.807, 2.05) is 30.3 Å². The fourth-order valence-corrected chi connectivity index (χ4v) is 5.28. The van der Waals surface area contributed by atoms with Crippen LogP contribution >= 0.6 is 0 Å². The minimum absolute atomic E-state index is 0.0924. The molecule has 0 spiro atoms. The fourth-order valence-electron chi connectivity index (χ4n) is 5.28. The van der Waals surface area contributed by atoms with E-state index in [1.54, 1.807) is 53.7 Å². The number of nitrogens with zero attached hydrogens (tertiary/aromatic N) is 1. The molecule has 12 heteroatoms. The number of primary amides is 1. The lowest BCUT2D eigenvalue weighted by atomic mass is 9.99. The highest BCUT2D eigenvalue weighted by Gasteiger charge is 2.38. The van der Waals surface area contributed by atoms with E-state index in [0.29, 0.717) is 6.42 Å². The highest BCUT2D eigenvalue weighted by atomic mass is 16.6. The highest BCUT2D eigenvalue weighted by molar-refractivity contribution is 5.94. The number of phenols is 1. The molecular weight excluding hydrogens is 640 g/mol. The number of benzene rings is 2. The van der Waals surface area contributed by atoms with Crippen molar-refractivity contribution in [3.8, 4) is 5.75 Å². The quantitative estimate of drug-likeness (QED) is 0.117. The van der Waals surface area contributed by atoms with Crippen LogP contribution in [0.25, 0.3) is 0 Å². The van der Waals surface area contributed by atoms with Gasteiger partial charge in [0.1, 0.15) is 35.1 Å². The van der Waals surface area contributed by atoms with Crippen LogP contribution in [0, 0.1) is 0 Å². The Morgan fingerprint density at radius 1 is 0.820 bits per heavy atom. The van der Waals surface area contributed by atoms with Gasteiger partial charge in [-0.25, -0.2) is 9.59 Å². The summed E-state index contributed by atoms with van der Waals surface area (Å²) in [5, 5.41) is 15.9. The topological polar surface area (TPSA) is 177 Å². The van der Waals surface area contributed by atoms with Gasteiger partial charge in [-0.3, -0.25) is 14.4 Å². The molecule has 0 aliphatic carbocycles. The van der Waals surface area contributed by atoms with Gasteiger partial charge in [0.2, 0.25) is 17.7 Å². The number of aromatic hydroxyl groups is 1. The van der Waals surface area contributed by atoms with Crippen molar-refractivity contribution in [2.45, 2.75) is 129 Å². The number of nitrogens with one attached hydrogen (secondary N) is 2. The number of ether oxygens (including phenoxy) is 2. The van der Waals surface area contributed by atoms with Crippen LogP contribution in [0.4, 0.5) is 4.79 Å². The Hall–Kier alpha value is -4.61. The van der Waals surface area contributed by atoms with E-state index >= 15 is 0 Å². The summed E-state index contributed by atoms with van der Waals surface area (Å²) in [5.74, 6) is -2.83. The number of hydrogen-bond donors (Lipinski definition) is 4. The first-order chi connectivity index (χ1) is 23.4. The summed E-state index contributed by atoms with van der Waals surface area (Å²) >= 11 is 0. The average Bonchev–Trinajstić information content (AvgIpc) is 3.00. The van der Waals surface area contributed by atoms with Crippen LogP contribution in [-0.2, 0) is 35.1 Å². The third-order valence-electron chi connectivity index (χ3n) is 7.49. The largest absolute Gasteiger partial charge is 0.508 e. The Morgan fingerprint density at radius 3 is 2.04 bits per heavy atom. The lowest BCUT2D eigenvalue weighted by molar-refractivity contribution is -0.159. The van der Waals surface area contributed by atoms with E-state index in [9.17, 15) is 29.1 Å². The number of rotatable bonds is 18. The van der Waals surface area contributed by atoms with Gasteiger partial charge in [0.15, 0.2) is 0 Å². The molecule has 3 atom stereocenters. The van der Waals surface area contributed by atoms with Gasteiger partial charge in [-0.1, -0.05) is 75.1 Å². The first-order valence-electron chi connectivity index (χ1n) is 17.3. The number of hydrogen-bond acceptors (Lipinski definition) is 8. The van der Waals surface area contributed by atoms with Crippen LogP contribution in [0.3, 0.4) is 0 Å². The van der Waals surface area contributed by atoms with Crippen LogP contribution in [0.5, 0.6) is 5.75 Å². The van der Waals surface area contributed by atoms with E-state index < -0.39 is 59.1 Å². The number of amides is 4. The first kappa shape index (κ1) is 41.6. The summed E-state index contributed by atoms with van der Waals surface area (Å²) < 4.78 is 11.1. The molecule has 0 heterocycles. The molecule has 276 valence electrons. The molecule has 0 saturated carbocycles. The van der Waals surface area contributed by atoms with Crippen molar-refractivity contribution in [1.82, 2.24) is 15.5 Å². The number of nitrogens with two attached hydrogens (primary N) is 1. The van der Waals surface area contributed by atoms with Crippen molar-refractivity contribution in [3.63, 3.8) is 0 Å². The molecular formula is C38H56N4O8. The Bertz CT molecular complexity index is 1420. The van der Waals surface area contributed by atoms with E-state index in [1.165, 1.54) is 17.0 Å². The SMILES string of the molecule is CCCCCCCN(C(=O)C(CCC(N)=O)NC(=O)OC(C)(C)C)C(C(=O)NC(Cc1ccccc1)C(=O)OC(C)(C)C)c1cccc(O)c1. The van der Waals surface area contributed by atoms with Crippen molar-refractivity contribution in [1.29, 1.82) is 0 Å². The fraction of sp³-hybridized carbons (Fsp3) is 0.553. The molecule has 0 aromatic heterocycles. The summed E-state index contributed by atoms with van der Waals surface area (Å²) in [7, 11) is 0. The van der Waals surface area contributed by atoms with Gasteiger partial charge < -0.3 is 35.8 Å². The molecule has 0 aliphatic rings. The summed E-state index contributed by atoms with van der Waals surface area (Å²) in [5.41, 5.74) is 4.77. The lowest BCUT2D eigenvalue weighted by Crippen LogP contribution is -2.55. The van der Waals surface area contributed by atoms with Crippen molar-refractivity contribution in [2.24, 2.45) is 5.73 Å². The predicted octanol–water partition coefficient (Wildman–Crippen LogP) is 5.46. The van der Waals surface area contributed by atoms with Gasteiger partial charge in [-0.2, -0.15) is 0 Å². The van der Waals surface area contributed by atoms with Gasteiger partial charge >= 0.3 is 12.1 Å². The van der Waals surface area contributed by atoms with Gasteiger partial charge in [-0.05, 0) is 77.6 Å². The zero-order valence-electron chi connectivity index (χ0n) is 30.6. The van der Waals surface area contributed by atoms with E-state index in [-0.39, 0.29) is 37.1 Å². The highest BCUT2D eigenvalue weighted by Crippen LogP contribution is 2.27. The molecule has 3 unspecified atom stereocenters. The number of alkyl carbamates (subject to hydrolysis) is 1. The Labute approximate surface area is 296 Å². The Balaban J connectivity index is 2.65. The maximum Gasteiger partial charge on any atom is 0.408 e. The molecule has 0 bridgehead atoms. The molecule has 2 aromatic rings. The molecule has 4 amide bonds. The van der Waals surface area contributed by atoms with Gasteiger partial charge in [0.05, 0.1) is 0 Å². The maximum absolute atomic E-state index is 14.5. The van der Waals surface area contributed by atoms with Crippen molar-refractivity contribution in [3.05, 3.63) is 65.7 Å². The summed E-state index contributed by atoms with van der Waals surface area (Å²) in [4.78, 5) is 68.7. The van der Waals surface area contributed by atoms with Crippen molar-refractivity contribution >= 4 is 29.8 Å². The van der Waals surface area contributed by atoms with Gasteiger partial charge in [0.25, 0.3) is 0 Å². The second kappa shape index (κ2) is 19.5.